The summed E-state index contributed by atoms with van der Waals surface area (Å²) < 4.78 is 5.05. The first-order chi connectivity index (χ1) is 8.60. The Morgan fingerprint density at radius 3 is 2.67 bits per heavy atom. The number of halogens is 1. The standard InChI is InChI=1S/C13H14ClN3O/c1-8-4-9(2)12(15-6-8)13-16-10(7-18-3)5-11(14)17-13/h4-6H,7H2,1-3H3. The molecule has 2 aromatic heterocycles. The zero-order chi connectivity index (χ0) is 13.1. The third kappa shape index (κ3) is 2.83. The van der Waals surface area contributed by atoms with Crippen LogP contribution in [0.1, 0.15) is 16.8 Å². The molecule has 4 nitrogen and oxygen atoms in total. The smallest absolute Gasteiger partial charge is 0.180 e. The van der Waals surface area contributed by atoms with E-state index < -0.39 is 0 Å². The van der Waals surface area contributed by atoms with Crippen molar-refractivity contribution in [2.24, 2.45) is 0 Å². The number of rotatable bonds is 3. The summed E-state index contributed by atoms with van der Waals surface area (Å²) in [7, 11) is 1.62. The molecular formula is C13H14ClN3O. The Bertz CT molecular complexity index is 572. The second-order valence-electron chi connectivity index (χ2n) is 4.12. The minimum Gasteiger partial charge on any atom is -0.378 e. The SMILES string of the molecule is COCc1cc(Cl)nc(-c2ncc(C)cc2C)n1. The molecule has 0 N–H and O–H groups in total. The Morgan fingerprint density at radius 1 is 1.22 bits per heavy atom. The van der Waals surface area contributed by atoms with E-state index in [1.54, 1.807) is 19.4 Å². The van der Waals surface area contributed by atoms with Crippen LogP contribution in [-0.4, -0.2) is 22.1 Å². The molecule has 0 aliphatic rings. The van der Waals surface area contributed by atoms with Gasteiger partial charge >= 0.3 is 0 Å². The van der Waals surface area contributed by atoms with E-state index in [4.69, 9.17) is 16.3 Å². The molecule has 2 rings (SSSR count). The fourth-order valence-corrected chi connectivity index (χ4v) is 1.95. The van der Waals surface area contributed by atoms with Crippen LogP contribution in [0.15, 0.2) is 18.3 Å². The van der Waals surface area contributed by atoms with Crippen LogP contribution in [0.5, 0.6) is 0 Å². The highest BCUT2D eigenvalue weighted by atomic mass is 35.5. The molecule has 18 heavy (non-hydrogen) atoms. The number of ether oxygens (including phenoxy) is 1. The highest BCUT2D eigenvalue weighted by molar-refractivity contribution is 6.29. The lowest BCUT2D eigenvalue weighted by molar-refractivity contribution is 0.181. The molecule has 2 aromatic rings. The molecule has 0 saturated carbocycles. The zero-order valence-electron chi connectivity index (χ0n) is 10.6. The van der Waals surface area contributed by atoms with E-state index in [1.165, 1.54) is 0 Å². The molecule has 0 aliphatic carbocycles. The highest BCUT2D eigenvalue weighted by Gasteiger charge is 2.10. The summed E-state index contributed by atoms with van der Waals surface area (Å²) >= 11 is 5.98. The minimum atomic E-state index is 0.397. The molecule has 5 heteroatoms. The Balaban J connectivity index is 2.49. The van der Waals surface area contributed by atoms with Gasteiger partial charge in [0, 0.05) is 13.3 Å². The van der Waals surface area contributed by atoms with Gasteiger partial charge in [-0.2, -0.15) is 0 Å². The second kappa shape index (κ2) is 5.42. The van der Waals surface area contributed by atoms with Crippen molar-refractivity contribution in [3.05, 3.63) is 40.3 Å². The summed E-state index contributed by atoms with van der Waals surface area (Å²) in [5.41, 5.74) is 3.63. The Morgan fingerprint density at radius 2 is 2.00 bits per heavy atom. The average Bonchev–Trinajstić information content (AvgIpc) is 2.28. The van der Waals surface area contributed by atoms with Crippen molar-refractivity contribution in [3.63, 3.8) is 0 Å². The van der Waals surface area contributed by atoms with Gasteiger partial charge in [-0.3, -0.25) is 4.98 Å². The molecule has 0 fully saturated rings. The van der Waals surface area contributed by atoms with E-state index in [1.807, 2.05) is 19.9 Å². The summed E-state index contributed by atoms with van der Waals surface area (Å²) in [6.07, 6.45) is 1.79. The van der Waals surface area contributed by atoms with Crippen molar-refractivity contribution in [1.29, 1.82) is 0 Å². The van der Waals surface area contributed by atoms with Crippen LogP contribution in [0.3, 0.4) is 0 Å². The lowest BCUT2D eigenvalue weighted by atomic mass is 10.1. The van der Waals surface area contributed by atoms with E-state index in [2.05, 4.69) is 15.0 Å². The van der Waals surface area contributed by atoms with E-state index in [0.717, 1.165) is 22.5 Å². The molecular weight excluding hydrogens is 250 g/mol. The van der Waals surface area contributed by atoms with Gasteiger partial charge in [-0.05, 0) is 31.0 Å². The lowest BCUT2D eigenvalue weighted by Gasteiger charge is -2.07. The van der Waals surface area contributed by atoms with Gasteiger partial charge in [0.1, 0.15) is 10.8 Å². The predicted molar refractivity (Wildman–Crippen MR) is 70.5 cm³/mol. The van der Waals surface area contributed by atoms with E-state index >= 15 is 0 Å². The van der Waals surface area contributed by atoms with Gasteiger partial charge in [0.25, 0.3) is 0 Å². The summed E-state index contributed by atoms with van der Waals surface area (Å²) in [5, 5.41) is 0.397. The number of pyridine rings is 1. The van der Waals surface area contributed by atoms with E-state index in [0.29, 0.717) is 17.6 Å². The highest BCUT2D eigenvalue weighted by Crippen LogP contribution is 2.20. The van der Waals surface area contributed by atoms with Crippen LogP contribution in [0.4, 0.5) is 0 Å². The Kier molecular flexibility index (Phi) is 3.89. The van der Waals surface area contributed by atoms with Gasteiger partial charge in [-0.25, -0.2) is 9.97 Å². The van der Waals surface area contributed by atoms with Crippen molar-refractivity contribution < 1.29 is 4.74 Å². The van der Waals surface area contributed by atoms with E-state index in [9.17, 15) is 0 Å². The summed E-state index contributed by atoms with van der Waals surface area (Å²) in [4.78, 5) is 13.0. The quantitative estimate of drug-likeness (QED) is 0.799. The number of aromatic nitrogens is 3. The van der Waals surface area contributed by atoms with Gasteiger partial charge < -0.3 is 4.74 Å². The molecule has 0 atom stereocenters. The molecule has 0 unspecified atom stereocenters. The zero-order valence-corrected chi connectivity index (χ0v) is 11.3. The van der Waals surface area contributed by atoms with Gasteiger partial charge in [-0.15, -0.1) is 0 Å². The number of hydrogen-bond acceptors (Lipinski definition) is 4. The summed E-state index contributed by atoms with van der Waals surface area (Å²) in [6.45, 7) is 4.38. The van der Waals surface area contributed by atoms with Crippen molar-refractivity contribution in [1.82, 2.24) is 15.0 Å². The monoisotopic (exact) mass is 263 g/mol. The van der Waals surface area contributed by atoms with Crippen molar-refractivity contribution in [3.8, 4) is 11.5 Å². The molecule has 2 heterocycles. The van der Waals surface area contributed by atoms with Crippen molar-refractivity contribution in [2.75, 3.05) is 7.11 Å². The first-order valence-electron chi connectivity index (χ1n) is 5.56. The molecule has 0 bridgehead atoms. The topological polar surface area (TPSA) is 47.9 Å². The van der Waals surface area contributed by atoms with Gasteiger partial charge in [-0.1, -0.05) is 17.7 Å². The third-order valence-electron chi connectivity index (χ3n) is 2.47. The molecule has 0 aromatic carbocycles. The minimum absolute atomic E-state index is 0.397. The molecule has 0 radical (unpaired) electrons. The number of hydrogen-bond donors (Lipinski definition) is 0. The second-order valence-corrected chi connectivity index (χ2v) is 4.50. The van der Waals surface area contributed by atoms with Crippen LogP contribution < -0.4 is 0 Å². The lowest BCUT2D eigenvalue weighted by Crippen LogP contribution is -2.00. The van der Waals surface area contributed by atoms with Crippen molar-refractivity contribution in [2.45, 2.75) is 20.5 Å². The Hall–Kier alpha value is -1.52. The Labute approximate surface area is 111 Å². The molecule has 94 valence electrons. The average molecular weight is 264 g/mol. The van der Waals surface area contributed by atoms with Gasteiger partial charge in [0.05, 0.1) is 12.3 Å². The maximum Gasteiger partial charge on any atom is 0.180 e. The van der Waals surface area contributed by atoms with Crippen molar-refractivity contribution >= 4 is 11.6 Å². The van der Waals surface area contributed by atoms with Crippen LogP contribution in [0, 0.1) is 13.8 Å². The normalized spacial score (nSPS) is 10.7. The molecule has 0 aliphatic heterocycles. The number of aryl methyl sites for hydroxylation is 2. The fourth-order valence-electron chi connectivity index (χ4n) is 1.74. The van der Waals surface area contributed by atoms with Crippen LogP contribution >= 0.6 is 11.6 Å². The number of methoxy groups -OCH3 is 1. The fraction of sp³-hybridized carbons (Fsp3) is 0.308. The van der Waals surface area contributed by atoms with E-state index in [-0.39, 0.29) is 0 Å². The van der Waals surface area contributed by atoms with Crippen LogP contribution in [0.25, 0.3) is 11.5 Å². The maximum atomic E-state index is 5.98. The largest absolute Gasteiger partial charge is 0.378 e. The maximum absolute atomic E-state index is 5.98. The first kappa shape index (κ1) is 12.9. The van der Waals surface area contributed by atoms with Crippen LogP contribution in [0.2, 0.25) is 5.15 Å². The summed E-state index contributed by atoms with van der Waals surface area (Å²) in [5.74, 6) is 0.534. The van der Waals surface area contributed by atoms with Crippen LogP contribution in [-0.2, 0) is 11.3 Å². The molecule has 0 saturated heterocycles. The summed E-state index contributed by atoms with van der Waals surface area (Å²) in [6, 6.07) is 3.74. The predicted octanol–water partition coefficient (Wildman–Crippen LogP) is 2.96. The third-order valence-corrected chi connectivity index (χ3v) is 2.66. The van der Waals surface area contributed by atoms with Gasteiger partial charge in [0.2, 0.25) is 0 Å². The molecule has 0 spiro atoms. The number of nitrogens with zero attached hydrogens (tertiary/aromatic N) is 3. The first-order valence-corrected chi connectivity index (χ1v) is 5.94. The van der Waals surface area contributed by atoms with Gasteiger partial charge in [0.15, 0.2) is 5.82 Å². The molecule has 0 amide bonds.